The van der Waals surface area contributed by atoms with Gasteiger partial charge in [-0.05, 0) is 18.2 Å². The van der Waals surface area contributed by atoms with E-state index >= 15 is 0 Å². The maximum atomic E-state index is 14.6. The van der Waals surface area contributed by atoms with E-state index in [1.807, 2.05) is 0 Å². The molecule has 0 aliphatic carbocycles. The maximum Gasteiger partial charge on any atom is 0.431 e. The predicted octanol–water partition coefficient (Wildman–Crippen LogP) is 4.70. The number of nitriles is 1. The highest BCUT2D eigenvalue weighted by molar-refractivity contribution is 6.34. The predicted molar refractivity (Wildman–Crippen MR) is 89.6 cm³/mol. The van der Waals surface area contributed by atoms with Crippen LogP contribution in [-0.2, 0) is 6.18 Å². The van der Waals surface area contributed by atoms with Crippen LogP contribution in [0.15, 0.2) is 30.6 Å². The van der Waals surface area contributed by atoms with Crippen molar-refractivity contribution in [1.29, 1.82) is 5.26 Å². The van der Waals surface area contributed by atoms with E-state index in [0.717, 1.165) is 28.9 Å². The second-order valence-electron chi connectivity index (χ2n) is 5.30. The van der Waals surface area contributed by atoms with Gasteiger partial charge >= 0.3 is 6.18 Å². The monoisotopic (exact) mass is 393 g/mol. The molecule has 0 unspecified atom stereocenters. The highest BCUT2D eigenvalue weighted by Gasteiger charge is 2.35. The van der Waals surface area contributed by atoms with Gasteiger partial charge in [-0.1, -0.05) is 17.5 Å². The van der Waals surface area contributed by atoms with Crippen LogP contribution in [0, 0.1) is 29.5 Å². The van der Waals surface area contributed by atoms with Crippen LogP contribution in [0.2, 0.25) is 5.02 Å². The molecule has 1 aromatic carbocycles. The van der Waals surface area contributed by atoms with E-state index in [1.165, 1.54) is 0 Å². The second-order valence-corrected chi connectivity index (χ2v) is 5.71. The zero-order valence-corrected chi connectivity index (χ0v) is 14.1. The van der Waals surface area contributed by atoms with Gasteiger partial charge in [0, 0.05) is 23.5 Å². The van der Waals surface area contributed by atoms with Crippen LogP contribution in [-0.4, -0.2) is 16.0 Å². The van der Waals surface area contributed by atoms with Crippen molar-refractivity contribution in [2.24, 2.45) is 0 Å². The Hall–Kier alpha value is -3.23. The van der Waals surface area contributed by atoms with Gasteiger partial charge in [0.15, 0.2) is 0 Å². The lowest BCUT2D eigenvalue weighted by Crippen LogP contribution is -2.12. The van der Waals surface area contributed by atoms with E-state index in [1.54, 1.807) is 6.07 Å². The fraction of sp³-hybridized carbons (Fsp3) is 0.111. The van der Waals surface area contributed by atoms with Crippen molar-refractivity contribution in [3.63, 3.8) is 0 Å². The van der Waals surface area contributed by atoms with Crippen molar-refractivity contribution in [3.05, 3.63) is 52.7 Å². The molecule has 4 nitrogen and oxygen atoms in total. The summed E-state index contributed by atoms with van der Waals surface area (Å²) in [5.74, 6) is 1.32. The Morgan fingerprint density at radius 1 is 1.30 bits per heavy atom. The first kappa shape index (κ1) is 18.6. The lowest BCUT2D eigenvalue weighted by Gasteiger charge is -2.15. The van der Waals surface area contributed by atoms with Crippen molar-refractivity contribution >= 4 is 17.2 Å². The number of rotatable bonds is 3. The Bertz CT molecular complexity index is 1120. The summed E-state index contributed by atoms with van der Waals surface area (Å²) < 4.78 is 60.3. The Balaban J connectivity index is 2.31. The Labute approximate surface area is 155 Å². The number of fused-ring (bicyclic) bond motifs is 1. The summed E-state index contributed by atoms with van der Waals surface area (Å²) in [5, 5.41) is 8.75. The Morgan fingerprint density at radius 3 is 2.67 bits per heavy atom. The fourth-order valence-corrected chi connectivity index (χ4v) is 2.88. The molecule has 0 saturated carbocycles. The minimum absolute atomic E-state index is 0.0208. The molecular weight excluding hydrogens is 386 g/mol. The first-order chi connectivity index (χ1) is 12.8. The number of benzene rings is 1. The molecule has 9 heteroatoms. The lowest BCUT2D eigenvalue weighted by atomic mass is 10.0. The number of ether oxygens (including phenoxy) is 1. The van der Waals surface area contributed by atoms with E-state index in [0.29, 0.717) is 6.07 Å². The molecule has 0 fully saturated rings. The van der Waals surface area contributed by atoms with Crippen molar-refractivity contribution in [2.75, 3.05) is 6.61 Å². The quantitative estimate of drug-likeness (QED) is 0.479. The summed E-state index contributed by atoms with van der Waals surface area (Å²) in [5.41, 5.74) is -1.60. The van der Waals surface area contributed by atoms with Crippen molar-refractivity contribution in [3.8, 4) is 35.3 Å². The number of pyridine rings is 1. The van der Waals surface area contributed by atoms with Crippen molar-refractivity contribution < 1.29 is 22.3 Å². The molecule has 0 atom stereocenters. The number of terminal acetylenes is 1. The molecule has 2 heterocycles. The number of nitrogens with zero attached hydrogens (tertiary/aromatic N) is 3. The van der Waals surface area contributed by atoms with Crippen molar-refractivity contribution in [1.82, 2.24) is 9.38 Å². The molecule has 0 radical (unpaired) electrons. The summed E-state index contributed by atoms with van der Waals surface area (Å²) >= 11 is 6.05. The van der Waals surface area contributed by atoms with Crippen LogP contribution in [0.4, 0.5) is 17.6 Å². The minimum atomic E-state index is -4.69. The fourth-order valence-electron chi connectivity index (χ4n) is 2.59. The average Bonchev–Trinajstić information content (AvgIpc) is 3.08. The van der Waals surface area contributed by atoms with Crippen LogP contribution >= 0.6 is 11.6 Å². The molecule has 3 aromatic rings. The molecule has 0 saturated heterocycles. The smallest absolute Gasteiger partial charge is 0.431 e. The first-order valence-corrected chi connectivity index (χ1v) is 7.68. The number of imidazole rings is 1. The third-order valence-electron chi connectivity index (χ3n) is 3.69. The zero-order chi connectivity index (χ0) is 19.8. The second kappa shape index (κ2) is 6.82. The SMILES string of the molecule is C#CCOc1cc(-c2c(Cl)cc(C(F)(F)F)n3ccnc23)c(F)cc1C#N. The largest absolute Gasteiger partial charge is 0.480 e. The van der Waals surface area contributed by atoms with Gasteiger partial charge in [-0.15, -0.1) is 6.42 Å². The molecule has 2 aromatic heterocycles. The lowest BCUT2D eigenvalue weighted by molar-refractivity contribution is -0.142. The van der Waals surface area contributed by atoms with Crippen LogP contribution in [0.3, 0.4) is 0 Å². The number of alkyl halides is 3. The summed E-state index contributed by atoms with van der Waals surface area (Å²) in [4.78, 5) is 3.88. The van der Waals surface area contributed by atoms with Crippen LogP contribution < -0.4 is 4.74 Å². The van der Waals surface area contributed by atoms with E-state index < -0.39 is 17.7 Å². The molecule has 0 aliphatic rings. The van der Waals surface area contributed by atoms with Gasteiger partial charge in [0.1, 0.15) is 35.6 Å². The highest BCUT2D eigenvalue weighted by atomic mass is 35.5. The molecule has 0 amide bonds. The van der Waals surface area contributed by atoms with Gasteiger partial charge in [0.25, 0.3) is 0 Å². The number of halogens is 5. The number of hydrogen-bond acceptors (Lipinski definition) is 3. The van der Waals surface area contributed by atoms with Crippen LogP contribution in [0.1, 0.15) is 11.3 Å². The zero-order valence-electron chi connectivity index (χ0n) is 13.3. The topological polar surface area (TPSA) is 50.3 Å². The van der Waals surface area contributed by atoms with E-state index in [4.69, 9.17) is 28.0 Å². The van der Waals surface area contributed by atoms with Gasteiger partial charge in [0.05, 0.1) is 10.6 Å². The third kappa shape index (κ3) is 3.27. The number of aromatic nitrogens is 2. The Morgan fingerprint density at radius 2 is 2.04 bits per heavy atom. The molecule has 27 heavy (non-hydrogen) atoms. The summed E-state index contributed by atoms with van der Waals surface area (Å²) in [6.45, 7) is -0.181. The molecular formula is C18H8ClF4N3O. The normalized spacial score (nSPS) is 11.2. The molecule has 136 valence electrons. The van der Waals surface area contributed by atoms with Gasteiger partial charge in [-0.25, -0.2) is 9.37 Å². The molecule has 0 N–H and O–H groups in total. The summed E-state index contributed by atoms with van der Waals surface area (Å²) in [6, 6.07) is 4.51. The summed E-state index contributed by atoms with van der Waals surface area (Å²) in [6.07, 6.45) is 2.66. The first-order valence-electron chi connectivity index (χ1n) is 7.31. The van der Waals surface area contributed by atoms with Gasteiger partial charge in [0.2, 0.25) is 0 Å². The third-order valence-corrected chi connectivity index (χ3v) is 3.98. The Kier molecular flexibility index (Phi) is 4.69. The van der Waals surface area contributed by atoms with Crippen molar-refractivity contribution in [2.45, 2.75) is 6.18 Å². The van der Waals surface area contributed by atoms with Crippen LogP contribution in [0.5, 0.6) is 5.75 Å². The van der Waals surface area contributed by atoms with Gasteiger partial charge in [-0.3, -0.25) is 4.40 Å². The van der Waals surface area contributed by atoms with Gasteiger partial charge < -0.3 is 4.74 Å². The minimum Gasteiger partial charge on any atom is -0.480 e. The van der Waals surface area contributed by atoms with Crippen LogP contribution in [0.25, 0.3) is 16.8 Å². The molecule has 0 aliphatic heterocycles. The molecule has 0 spiro atoms. The number of hydrogen-bond donors (Lipinski definition) is 0. The van der Waals surface area contributed by atoms with Gasteiger partial charge in [-0.2, -0.15) is 18.4 Å². The van der Waals surface area contributed by atoms with E-state index in [2.05, 4.69) is 10.9 Å². The molecule has 3 rings (SSSR count). The highest BCUT2D eigenvalue weighted by Crippen LogP contribution is 2.40. The maximum absolute atomic E-state index is 14.6. The summed E-state index contributed by atoms with van der Waals surface area (Å²) in [7, 11) is 0. The molecule has 0 bridgehead atoms. The standard InChI is InChI=1S/C18H8ClF4N3O/c1-2-5-27-14-7-11(13(20)6-10(14)9-24)16-12(19)8-15(18(21,22)23)26-4-3-25-17(16)26/h1,3-4,6-8H,5H2. The average molecular weight is 394 g/mol. The van der Waals surface area contributed by atoms with E-state index in [9.17, 15) is 17.6 Å². The van der Waals surface area contributed by atoms with E-state index in [-0.39, 0.29) is 39.7 Å².